The molecule has 3 rings (SSSR count). The maximum atomic E-state index is 13.2. The standard InChI is InChI=1S/C18H24N2O5/c1-2-25-16-6-4-3-5-15(16)18(23)20-8-13-7-19(10-17(21)22)9-14(20)12-24-11-13/h3-6,13-14H,2,7-12H2,1H3,(H,21,22)/t13-,14-/m0/s1. The number of benzene rings is 1. The lowest BCUT2D eigenvalue weighted by atomic mass is 10.1. The normalized spacial score (nSPS) is 23.8. The number of hydrogen-bond acceptors (Lipinski definition) is 5. The molecule has 0 aliphatic carbocycles. The van der Waals surface area contributed by atoms with Gasteiger partial charge < -0.3 is 19.5 Å². The van der Waals surface area contributed by atoms with Gasteiger partial charge in [-0.25, -0.2) is 0 Å². The van der Waals surface area contributed by atoms with Crippen molar-refractivity contribution in [1.82, 2.24) is 9.80 Å². The molecule has 2 atom stereocenters. The second-order valence-electron chi connectivity index (χ2n) is 6.53. The van der Waals surface area contributed by atoms with Crippen LogP contribution in [0, 0.1) is 5.92 Å². The van der Waals surface area contributed by atoms with E-state index in [-0.39, 0.29) is 24.4 Å². The third-order valence-corrected chi connectivity index (χ3v) is 4.58. The van der Waals surface area contributed by atoms with Gasteiger partial charge in [0.25, 0.3) is 5.91 Å². The Bertz CT molecular complexity index is 636. The fourth-order valence-electron chi connectivity index (χ4n) is 3.59. The average Bonchev–Trinajstić information content (AvgIpc) is 2.85. The van der Waals surface area contributed by atoms with Crippen LogP contribution in [0.15, 0.2) is 24.3 Å². The summed E-state index contributed by atoms with van der Waals surface area (Å²) in [6, 6.07) is 7.09. The minimum atomic E-state index is -0.847. The molecule has 25 heavy (non-hydrogen) atoms. The molecule has 1 amide bonds. The van der Waals surface area contributed by atoms with E-state index in [1.54, 1.807) is 12.1 Å². The van der Waals surface area contributed by atoms with Gasteiger partial charge in [0.2, 0.25) is 0 Å². The maximum Gasteiger partial charge on any atom is 0.317 e. The summed E-state index contributed by atoms with van der Waals surface area (Å²) in [4.78, 5) is 28.0. The fourth-order valence-corrected chi connectivity index (χ4v) is 3.59. The quantitative estimate of drug-likeness (QED) is 0.853. The number of carbonyl (C=O) groups excluding carboxylic acids is 1. The van der Waals surface area contributed by atoms with Crippen molar-refractivity contribution in [1.29, 1.82) is 0 Å². The van der Waals surface area contributed by atoms with Crippen LogP contribution < -0.4 is 4.74 Å². The number of rotatable bonds is 5. The molecule has 1 aromatic carbocycles. The molecule has 0 saturated carbocycles. The van der Waals surface area contributed by atoms with Crippen LogP contribution in [-0.4, -0.2) is 78.8 Å². The Morgan fingerprint density at radius 1 is 1.24 bits per heavy atom. The van der Waals surface area contributed by atoms with Crippen LogP contribution in [-0.2, 0) is 9.53 Å². The molecule has 136 valence electrons. The van der Waals surface area contributed by atoms with Gasteiger partial charge in [0.15, 0.2) is 0 Å². The van der Waals surface area contributed by atoms with Gasteiger partial charge in [-0.3, -0.25) is 14.5 Å². The van der Waals surface area contributed by atoms with Gasteiger partial charge in [-0.2, -0.15) is 0 Å². The van der Waals surface area contributed by atoms with Crippen molar-refractivity contribution in [3.63, 3.8) is 0 Å². The summed E-state index contributed by atoms with van der Waals surface area (Å²) in [5.41, 5.74) is 0.543. The van der Waals surface area contributed by atoms with E-state index < -0.39 is 5.97 Å². The Balaban J connectivity index is 1.84. The minimum Gasteiger partial charge on any atom is -0.493 e. The third kappa shape index (κ3) is 4.11. The predicted molar refractivity (Wildman–Crippen MR) is 90.8 cm³/mol. The lowest BCUT2D eigenvalue weighted by molar-refractivity contribution is -0.138. The number of carboxylic acids is 1. The predicted octanol–water partition coefficient (Wildman–Crippen LogP) is 0.943. The van der Waals surface area contributed by atoms with E-state index in [0.29, 0.717) is 50.8 Å². The molecule has 1 N–H and O–H groups in total. The highest BCUT2D eigenvalue weighted by Crippen LogP contribution is 2.25. The molecule has 2 fully saturated rings. The summed E-state index contributed by atoms with van der Waals surface area (Å²) in [5.74, 6) is -0.241. The molecule has 7 heteroatoms. The van der Waals surface area contributed by atoms with Crippen LogP contribution in [0.1, 0.15) is 17.3 Å². The Hall–Kier alpha value is -2.12. The molecule has 0 radical (unpaired) electrons. The summed E-state index contributed by atoms with van der Waals surface area (Å²) in [7, 11) is 0. The molecule has 2 aliphatic rings. The highest BCUT2D eigenvalue weighted by molar-refractivity contribution is 5.97. The van der Waals surface area contributed by atoms with Crippen molar-refractivity contribution >= 4 is 11.9 Å². The molecular weight excluding hydrogens is 324 g/mol. The number of hydrogen-bond donors (Lipinski definition) is 1. The van der Waals surface area contributed by atoms with Gasteiger partial charge >= 0.3 is 5.97 Å². The van der Waals surface area contributed by atoms with Crippen LogP contribution in [0.3, 0.4) is 0 Å². The first-order chi connectivity index (χ1) is 12.1. The number of amides is 1. The number of fused-ring (bicyclic) bond motifs is 3. The largest absolute Gasteiger partial charge is 0.493 e. The summed E-state index contributed by atoms with van der Waals surface area (Å²) < 4.78 is 11.3. The van der Waals surface area contributed by atoms with Crippen molar-refractivity contribution in [2.75, 3.05) is 46.0 Å². The fraction of sp³-hybridized carbons (Fsp3) is 0.556. The Morgan fingerprint density at radius 2 is 2.04 bits per heavy atom. The van der Waals surface area contributed by atoms with Crippen molar-refractivity contribution < 1.29 is 24.2 Å². The van der Waals surface area contributed by atoms with Gasteiger partial charge in [0.05, 0.1) is 38.0 Å². The second-order valence-corrected chi connectivity index (χ2v) is 6.53. The molecular formula is C18H24N2O5. The van der Waals surface area contributed by atoms with E-state index >= 15 is 0 Å². The Kier molecular flexibility index (Phi) is 5.55. The number of para-hydroxylation sites is 1. The topological polar surface area (TPSA) is 79.3 Å². The SMILES string of the molecule is CCOc1ccccc1C(=O)N1C[C@H]2COC[C@@H]1CN(CC(=O)O)C2. The van der Waals surface area contributed by atoms with Crippen LogP contribution in [0.25, 0.3) is 0 Å². The molecule has 2 saturated heterocycles. The smallest absolute Gasteiger partial charge is 0.317 e. The second kappa shape index (κ2) is 7.84. The van der Waals surface area contributed by atoms with Crippen molar-refractivity contribution in [2.24, 2.45) is 5.92 Å². The molecule has 1 aromatic rings. The molecule has 7 nitrogen and oxygen atoms in total. The number of ether oxygens (including phenoxy) is 2. The molecule has 2 heterocycles. The van der Waals surface area contributed by atoms with Crippen molar-refractivity contribution in [3.8, 4) is 5.75 Å². The van der Waals surface area contributed by atoms with Crippen LogP contribution >= 0.6 is 0 Å². The highest BCUT2D eigenvalue weighted by atomic mass is 16.5. The molecule has 0 unspecified atom stereocenters. The summed E-state index contributed by atoms with van der Waals surface area (Å²) in [6.07, 6.45) is 0. The van der Waals surface area contributed by atoms with Crippen LogP contribution in [0.5, 0.6) is 5.75 Å². The Labute approximate surface area is 147 Å². The van der Waals surface area contributed by atoms with E-state index in [2.05, 4.69) is 0 Å². The molecule has 2 aliphatic heterocycles. The third-order valence-electron chi connectivity index (χ3n) is 4.58. The first-order valence-corrected chi connectivity index (χ1v) is 8.63. The van der Waals surface area contributed by atoms with Crippen LogP contribution in [0.4, 0.5) is 0 Å². The van der Waals surface area contributed by atoms with Gasteiger partial charge in [0, 0.05) is 25.6 Å². The summed E-state index contributed by atoms with van der Waals surface area (Å²) >= 11 is 0. The van der Waals surface area contributed by atoms with E-state index in [1.165, 1.54) is 0 Å². The first-order valence-electron chi connectivity index (χ1n) is 8.63. The number of carboxylic acid groups (broad SMARTS) is 1. The van der Waals surface area contributed by atoms with Crippen LogP contribution in [0.2, 0.25) is 0 Å². The zero-order valence-corrected chi connectivity index (χ0v) is 14.4. The molecule has 2 bridgehead atoms. The summed E-state index contributed by atoms with van der Waals surface area (Å²) in [6.45, 7) is 5.04. The van der Waals surface area contributed by atoms with Crippen molar-refractivity contribution in [3.05, 3.63) is 29.8 Å². The van der Waals surface area contributed by atoms with Gasteiger partial charge in [-0.15, -0.1) is 0 Å². The average molecular weight is 348 g/mol. The monoisotopic (exact) mass is 348 g/mol. The number of carbonyl (C=O) groups is 2. The maximum absolute atomic E-state index is 13.2. The molecule has 0 aromatic heterocycles. The van der Waals surface area contributed by atoms with Gasteiger partial charge in [-0.1, -0.05) is 12.1 Å². The number of aliphatic carboxylic acids is 1. The molecule has 0 spiro atoms. The van der Waals surface area contributed by atoms with E-state index in [1.807, 2.05) is 28.9 Å². The lowest BCUT2D eigenvalue weighted by Crippen LogP contribution is -2.47. The zero-order valence-electron chi connectivity index (χ0n) is 14.4. The Morgan fingerprint density at radius 3 is 2.80 bits per heavy atom. The first kappa shape index (κ1) is 17.7. The summed E-state index contributed by atoms with van der Waals surface area (Å²) in [5, 5.41) is 9.10. The zero-order chi connectivity index (χ0) is 17.8. The van der Waals surface area contributed by atoms with E-state index in [0.717, 1.165) is 0 Å². The highest BCUT2D eigenvalue weighted by Gasteiger charge is 2.37. The van der Waals surface area contributed by atoms with Crippen molar-refractivity contribution in [2.45, 2.75) is 13.0 Å². The number of nitrogens with zero attached hydrogens (tertiary/aromatic N) is 2. The van der Waals surface area contributed by atoms with Gasteiger partial charge in [0.1, 0.15) is 5.75 Å². The van der Waals surface area contributed by atoms with E-state index in [9.17, 15) is 9.59 Å². The minimum absolute atomic E-state index is 0.00936. The van der Waals surface area contributed by atoms with Gasteiger partial charge in [-0.05, 0) is 19.1 Å². The van der Waals surface area contributed by atoms with E-state index in [4.69, 9.17) is 14.6 Å². The lowest BCUT2D eigenvalue weighted by Gasteiger charge is -2.31.